The van der Waals surface area contributed by atoms with E-state index in [4.69, 9.17) is 33.3 Å². The van der Waals surface area contributed by atoms with E-state index < -0.39 is 5.97 Å². The quantitative estimate of drug-likeness (QED) is 0.377. The second kappa shape index (κ2) is 7.87. The van der Waals surface area contributed by atoms with Gasteiger partial charge in [0, 0.05) is 21.5 Å². The lowest BCUT2D eigenvalue weighted by atomic mass is 10.2. The van der Waals surface area contributed by atoms with E-state index in [1.807, 2.05) is 47.0 Å². The molecule has 4 nitrogen and oxygen atoms in total. The lowest BCUT2D eigenvalue weighted by molar-refractivity contribution is 0.0697. The summed E-state index contributed by atoms with van der Waals surface area (Å²) in [5.74, 6) is -0.232. The molecule has 0 saturated heterocycles. The molecule has 0 atom stereocenters. The maximum absolute atomic E-state index is 11.2. The largest absolute Gasteiger partial charge is 0.478 e. The molecule has 1 N–H and O–H groups in total. The summed E-state index contributed by atoms with van der Waals surface area (Å²) >= 11 is 13.8. The van der Waals surface area contributed by atoms with Gasteiger partial charge in [-0.05, 0) is 60.2 Å². The van der Waals surface area contributed by atoms with Crippen molar-refractivity contribution in [2.24, 2.45) is 0 Å². The number of carboxylic acids is 1. The summed E-state index contributed by atoms with van der Waals surface area (Å²) in [5, 5.41) is 11.3. The standard InChI is InChI=1S/C21H14Cl2N2O2S/c22-15-5-1-13(2-6-15)12-28-21-24-18-10-7-16(23)11-19(18)25(21)17-8-3-14(4-9-17)20(26)27/h1-11H,12H2,(H,26,27). The van der Waals surface area contributed by atoms with Crippen molar-refractivity contribution in [3.05, 3.63) is 87.9 Å². The van der Waals surface area contributed by atoms with E-state index in [-0.39, 0.29) is 5.56 Å². The first kappa shape index (κ1) is 18.9. The van der Waals surface area contributed by atoms with Crippen molar-refractivity contribution in [1.29, 1.82) is 0 Å². The lowest BCUT2D eigenvalue weighted by Crippen LogP contribution is -2.00. The number of benzene rings is 3. The molecule has 28 heavy (non-hydrogen) atoms. The molecule has 4 rings (SSSR count). The molecule has 1 aromatic heterocycles. The zero-order valence-corrected chi connectivity index (χ0v) is 16.8. The van der Waals surface area contributed by atoms with Gasteiger partial charge in [-0.1, -0.05) is 47.1 Å². The molecule has 0 saturated carbocycles. The van der Waals surface area contributed by atoms with Crippen LogP contribution in [0.2, 0.25) is 10.0 Å². The van der Waals surface area contributed by atoms with Crippen molar-refractivity contribution in [3.63, 3.8) is 0 Å². The summed E-state index contributed by atoms with van der Waals surface area (Å²) < 4.78 is 1.99. The van der Waals surface area contributed by atoms with Crippen LogP contribution in [0.1, 0.15) is 15.9 Å². The van der Waals surface area contributed by atoms with Crippen molar-refractivity contribution >= 4 is 52.0 Å². The first-order chi connectivity index (χ1) is 13.5. The molecule has 0 fully saturated rings. The highest BCUT2D eigenvalue weighted by atomic mass is 35.5. The molecule has 4 aromatic rings. The third-order valence-electron chi connectivity index (χ3n) is 4.24. The highest BCUT2D eigenvalue weighted by Gasteiger charge is 2.14. The number of hydrogen-bond acceptors (Lipinski definition) is 3. The van der Waals surface area contributed by atoms with Gasteiger partial charge in [-0.15, -0.1) is 0 Å². The molecular formula is C21H14Cl2N2O2S. The third-order valence-corrected chi connectivity index (χ3v) is 5.74. The summed E-state index contributed by atoms with van der Waals surface area (Å²) in [7, 11) is 0. The van der Waals surface area contributed by atoms with Crippen LogP contribution in [0.3, 0.4) is 0 Å². The molecular weight excluding hydrogens is 415 g/mol. The lowest BCUT2D eigenvalue weighted by Gasteiger charge is -2.10. The van der Waals surface area contributed by atoms with E-state index in [9.17, 15) is 4.79 Å². The number of carboxylic acid groups (broad SMARTS) is 1. The number of imidazole rings is 1. The Morgan fingerprint density at radius 3 is 2.32 bits per heavy atom. The van der Waals surface area contributed by atoms with Gasteiger partial charge in [-0.3, -0.25) is 4.57 Å². The zero-order valence-electron chi connectivity index (χ0n) is 14.5. The van der Waals surface area contributed by atoms with Crippen LogP contribution in [-0.4, -0.2) is 20.6 Å². The minimum absolute atomic E-state index is 0.238. The van der Waals surface area contributed by atoms with Crippen LogP contribution in [0.5, 0.6) is 0 Å². The van der Waals surface area contributed by atoms with E-state index in [2.05, 4.69) is 0 Å². The van der Waals surface area contributed by atoms with Crippen molar-refractivity contribution < 1.29 is 9.90 Å². The van der Waals surface area contributed by atoms with Gasteiger partial charge in [0.2, 0.25) is 0 Å². The third kappa shape index (κ3) is 3.87. The van der Waals surface area contributed by atoms with Crippen LogP contribution >= 0.6 is 35.0 Å². The maximum Gasteiger partial charge on any atom is 0.335 e. The Labute approximate surface area is 175 Å². The Morgan fingerprint density at radius 2 is 1.64 bits per heavy atom. The van der Waals surface area contributed by atoms with Gasteiger partial charge in [0.15, 0.2) is 5.16 Å². The van der Waals surface area contributed by atoms with Gasteiger partial charge < -0.3 is 5.11 Å². The number of thioether (sulfide) groups is 1. The molecule has 0 amide bonds. The number of carbonyl (C=O) groups is 1. The summed E-state index contributed by atoms with van der Waals surface area (Å²) in [6, 6.07) is 20.0. The summed E-state index contributed by atoms with van der Waals surface area (Å²) in [4.78, 5) is 15.9. The second-order valence-corrected chi connectivity index (χ2v) is 7.95. The zero-order chi connectivity index (χ0) is 19.7. The van der Waals surface area contributed by atoms with Crippen LogP contribution in [-0.2, 0) is 5.75 Å². The molecule has 3 aromatic carbocycles. The van der Waals surface area contributed by atoms with Crippen molar-refractivity contribution in [1.82, 2.24) is 9.55 Å². The monoisotopic (exact) mass is 428 g/mol. The molecule has 0 aliphatic rings. The minimum Gasteiger partial charge on any atom is -0.478 e. The fourth-order valence-corrected chi connectivity index (χ4v) is 4.13. The van der Waals surface area contributed by atoms with Crippen molar-refractivity contribution in [2.75, 3.05) is 0 Å². The van der Waals surface area contributed by atoms with Crippen LogP contribution in [0, 0.1) is 0 Å². The number of hydrogen-bond donors (Lipinski definition) is 1. The van der Waals surface area contributed by atoms with E-state index in [1.54, 1.807) is 36.0 Å². The summed E-state index contributed by atoms with van der Waals surface area (Å²) in [6.07, 6.45) is 0. The molecule has 7 heteroatoms. The van der Waals surface area contributed by atoms with Crippen LogP contribution in [0.25, 0.3) is 16.7 Å². The van der Waals surface area contributed by atoms with E-state index in [1.165, 1.54) is 0 Å². The predicted octanol–water partition coefficient (Wildman–Crippen LogP) is 6.32. The second-order valence-electron chi connectivity index (χ2n) is 6.13. The van der Waals surface area contributed by atoms with Crippen LogP contribution in [0.4, 0.5) is 0 Å². The smallest absolute Gasteiger partial charge is 0.335 e. The Hall–Kier alpha value is -2.47. The first-order valence-corrected chi connectivity index (χ1v) is 10.1. The molecule has 0 unspecified atom stereocenters. The Balaban J connectivity index is 1.75. The van der Waals surface area contributed by atoms with Gasteiger partial charge in [0.05, 0.1) is 16.6 Å². The van der Waals surface area contributed by atoms with E-state index in [0.29, 0.717) is 10.0 Å². The number of nitrogens with zero attached hydrogens (tertiary/aromatic N) is 2. The average molecular weight is 429 g/mol. The Morgan fingerprint density at radius 1 is 0.964 bits per heavy atom. The highest BCUT2D eigenvalue weighted by molar-refractivity contribution is 7.98. The normalized spacial score (nSPS) is 11.1. The first-order valence-electron chi connectivity index (χ1n) is 8.40. The molecule has 1 heterocycles. The average Bonchev–Trinajstić information content (AvgIpc) is 3.05. The number of fused-ring (bicyclic) bond motifs is 1. The van der Waals surface area contributed by atoms with Gasteiger partial charge in [-0.25, -0.2) is 9.78 Å². The molecule has 0 bridgehead atoms. The Bertz CT molecular complexity index is 1160. The molecule has 0 radical (unpaired) electrons. The SMILES string of the molecule is O=C(O)c1ccc(-n2c(SCc3ccc(Cl)cc3)nc3ccc(Cl)cc32)cc1. The predicted molar refractivity (Wildman–Crippen MR) is 114 cm³/mol. The van der Waals surface area contributed by atoms with Crippen LogP contribution < -0.4 is 0 Å². The fraction of sp³-hybridized carbons (Fsp3) is 0.0476. The van der Waals surface area contributed by atoms with Gasteiger partial charge >= 0.3 is 5.97 Å². The molecule has 0 aliphatic heterocycles. The van der Waals surface area contributed by atoms with E-state index >= 15 is 0 Å². The molecule has 0 spiro atoms. The maximum atomic E-state index is 11.2. The fourth-order valence-electron chi connectivity index (χ4n) is 2.85. The van der Waals surface area contributed by atoms with Gasteiger partial charge in [0.1, 0.15) is 0 Å². The van der Waals surface area contributed by atoms with Gasteiger partial charge in [0.25, 0.3) is 0 Å². The number of aromatic nitrogens is 2. The van der Waals surface area contributed by atoms with Crippen molar-refractivity contribution in [2.45, 2.75) is 10.9 Å². The number of rotatable bonds is 5. The Kier molecular flexibility index (Phi) is 5.31. The molecule has 140 valence electrons. The van der Waals surface area contributed by atoms with E-state index in [0.717, 1.165) is 33.2 Å². The number of aromatic carboxylic acids is 1. The minimum atomic E-state index is -0.956. The van der Waals surface area contributed by atoms with Gasteiger partial charge in [-0.2, -0.15) is 0 Å². The molecule has 0 aliphatic carbocycles. The summed E-state index contributed by atoms with van der Waals surface area (Å²) in [6.45, 7) is 0. The van der Waals surface area contributed by atoms with Crippen LogP contribution in [0.15, 0.2) is 71.9 Å². The number of halogens is 2. The topological polar surface area (TPSA) is 55.1 Å². The highest BCUT2D eigenvalue weighted by Crippen LogP contribution is 2.31. The summed E-state index contributed by atoms with van der Waals surface area (Å²) in [5.41, 5.74) is 3.89. The van der Waals surface area contributed by atoms with Crippen molar-refractivity contribution in [3.8, 4) is 5.69 Å².